The maximum absolute atomic E-state index is 12.1. The van der Waals surface area contributed by atoms with Gasteiger partial charge in [-0.15, -0.1) is 21.5 Å². The van der Waals surface area contributed by atoms with E-state index in [9.17, 15) is 4.79 Å². The third-order valence-corrected chi connectivity index (χ3v) is 7.37. The summed E-state index contributed by atoms with van der Waals surface area (Å²) in [6.45, 7) is 2.73. The summed E-state index contributed by atoms with van der Waals surface area (Å²) >= 11 is 3.22. The summed E-state index contributed by atoms with van der Waals surface area (Å²) in [4.78, 5) is 16.4. The number of nitrogens with zero attached hydrogens (tertiary/aromatic N) is 5. The molecule has 1 atom stereocenters. The highest BCUT2D eigenvalue weighted by Crippen LogP contribution is 2.37. The maximum atomic E-state index is 12.1. The van der Waals surface area contributed by atoms with Crippen molar-refractivity contribution in [1.82, 2.24) is 19.7 Å². The lowest BCUT2D eigenvalue weighted by Gasteiger charge is -2.19. The third kappa shape index (κ3) is 4.53. The molecule has 27 heavy (non-hydrogen) atoms. The molecular weight excluding hydrogens is 378 g/mol. The second-order valence-corrected chi connectivity index (χ2v) is 9.03. The first-order valence-electron chi connectivity index (χ1n) is 9.28. The number of nitriles is 1. The van der Waals surface area contributed by atoms with Crippen LogP contribution in [0.2, 0.25) is 0 Å². The van der Waals surface area contributed by atoms with E-state index in [-0.39, 0.29) is 5.91 Å². The van der Waals surface area contributed by atoms with E-state index in [4.69, 9.17) is 5.26 Å². The van der Waals surface area contributed by atoms with Gasteiger partial charge in [0.2, 0.25) is 5.91 Å². The van der Waals surface area contributed by atoms with Crippen LogP contribution in [0.3, 0.4) is 0 Å². The summed E-state index contributed by atoms with van der Waals surface area (Å²) in [5.74, 6) is 1.97. The largest absolute Gasteiger partial charge is 0.344 e. The summed E-state index contributed by atoms with van der Waals surface area (Å²) in [7, 11) is 3.68. The minimum Gasteiger partial charge on any atom is -0.344 e. The molecule has 144 valence electrons. The van der Waals surface area contributed by atoms with Crippen molar-refractivity contribution in [2.45, 2.75) is 44.2 Å². The molecular formula is C19H25N5OS2. The molecule has 0 aliphatic heterocycles. The van der Waals surface area contributed by atoms with Crippen molar-refractivity contribution in [2.75, 3.05) is 19.3 Å². The van der Waals surface area contributed by atoms with Gasteiger partial charge in [0.25, 0.3) is 0 Å². The number of hydrogen-bond donors (Lipinski definition) is 0. The van der Waals surface area contributed by atoms with E-state index < -0.39 is 0 Å². The van der Waals surface area contributed by atoms with E-state index in [1.807, 2.05) is 23.0 Å². The summed E-state index contributed by atoms with van der Waals surface area (Å²) in [6.07, 6.45) is 5.22. The lowest BCUT2D eigenvalue weighted by Crippen LogP contribution is -2.29. The molecule has 0 saturated heterocycles. The Morgan fingerprint density at radius 3 is 3.07 bits per heavy atom. The minimum absolute atomic E-state index is 0.00278. The van der Waals surface area contributed by atoms with Crippen LogP contribution in [0.5, 0.6) is 0 Å². The molecule has 1 amide bonds. The van der Waals surface area contributed by atoms with E-state index in [0.717, 1.165) is 21.8 Å². The highest BCUT2D eigenvalue weighted by atomic mass is 32.2. The van der Waals surface area contributed by atoms with E-state index in [1.54, 1.807) is 11.9 Å². The predicted molar refractivity (Wildman–Crippen MR) is 109 cm³/mol. The van der Waals surface area contributed by atoms with Gasteiger partial charge in [-0.1, -0.05) is 25.1 Å². The molecule has 3 rings (SSSR count). The van der Waals surface area contributed by atoms with Crippen molar-refractivity contribution in [3.8, 4) is 16.8 Å². The number of thioether (sulfide) groups is 1. The molecule has 0 fully saturated rings. The Kier molecular flexibility index (Phi) is 6.55. The summed E-state index contributed by atoms with van der Waals surface area (Å²) in [5.41, 5.74) is 1.47. The molecule has 1 aliphatic rings. The molecule has 2 heterocycles. The fourth-order valence-corrected chi connectivity index (χ4v) is 5.37. The molecule has 0 radical (unpaired) electrons. The van der Waals surface area contributed by atoms with Crippen molar-refractivity contribution in [2.24, 2.45) is 13.0 Å². The average Bonchev–Trinajstić information content (AvgIpc) is 3.26. The SMILES string of the molecule is CCC1CCc2sc(-c3nnc(SCC(=O)N(C)CCC#N)n3C)cc2C1. The topological polar surface area (TPSA) is 74.8 Å². The molecule has 0 saturated carbocycles. The quantitative estimate of drug-likeness (QED) is 0.661. The zero-order chi connectivity index (χ0) is 19.4. The molecule has 8 heteroatoms. The molecule has 0 aromatic carbocycles. The van der Waals surface area contributed by atoms with Crippen molar-refractivity contribution in [1.29, 1.82) is 5.26 Å². The molecule has 1 aliphatic carbocycles. The number of thiophene rings is 1. The molecule has 0 spiro atoms. The molecule has 2 aromatic heterocycles. The van der Waals surface area contributed by atoms with Crippen molar-refractivity contribution in [3.05, 3.63) is 16.5 Å². The van der Waals surface area contributed by atoms with E-state index in [1.165, 1.54) is 47.9 Å². The predicted octanol–water partition coefficient (Wildman–Crippen LogP) is 3.52. The summed E-state index contributed by atoms with van der Waals surface area (Å²) in [5, 5.41) is 18.0. The highest BCUT2D eigenvalue weighted by Gasteiger charge is 2.22. The number of amides is 1. The van der Waals surface area contributed by atoms with Gasteiger partial charge in [0.15, 0.2) is 11.0 Å². The number of carbonyl (C=O) groups is 1. The fourth-order valence-electron chi connectivity index (χ4n) is 3.29. The summed E-state index contributed by atoms with van der Waals surface area (Å²) < 4.78 is 1.97. The normalized spacial score (nSPS) is 16.0. The number of fused-ring (bicyclic) bond motifs is 1. The first kappa shape index (κ1) is 19.9. The lowest BCUT2D eigenvalue weighted by molar-refractivity contribution is -0.127. The van der Waals surface area contributed by atoms with Gasteiger partial charge in [0, 0.05) is 25.5 Å². The van der Waals surface area contributed by atoms with Gasteiger partial charge in [-0.2, -0.15) is 5.26 Å². The molecule has 6 nitrogen and oxygen atoms in total. The Bertz CT molecular complexity index is 851. The average molecular weight is 404 g/mol. The Hall–Kier alpha value is -1.85. The van der Waals surface area contributed by atoms with Gasteiger partial charge in [0.1, 0.15) is 0 Å². The standard InChI is InChI=1S/C19H25N5OS2/c1-4-13-6-7-15-14(10-13)11-16(27-15)18-21-22-19(24(18)3)26-12-17(25)23(2)9-5-8-20/h11,13H,4-7,9-10,12H2,1-3H3. The second-order valence-electron chi connectivity index (χ2n) is 6.95. The third-order valence-electron chi connectivity index (χ3n) is 5.13. The van der Waals surface area contributed by atoms with E-state index >= 15 is 0 Å². The minimum atomic E-state index is -0.00278. The van der Waals surface area contributed by atoms with Gasteiger partial charge in [-0.25, -0.2) is 0 Å². The van der Waals surface area contributed by atoms with Crippen LogP contribution in [0.1, 0.15) is 36.6 Å². The summed E-state index contributed by atoms with van der Waals surface area (Å²) in [6, 6.07) is 4.34. The maximum Gasteiger partial charge on any atom is 0.232 e. The van der Waals surface area contributed by atoms with E-state index in [2.05, 4.69) is 29.3 Å². The first-order chi connectivity index (χ1) is 13.0. The van der Waals surface area contributed by atoms with Crippen LogP contribution in [-0.2, 0) is 24.7 Å². The van der Waals surface area contributed by atoms with Crippen LogP contribution in [0.15, 0.2) is 11.2 Å². The molecule has 1 unspecified atom stereocenters. The Balaban J connectivity index is 1.67. The number of aryl methyl sites for hydroxylation is 1. The smallest absolute Gasteiger partial charge is 0.232 e. The lowest BCUT2D eigenvalue weighted by atomic mass is 9.87. The Morgan fingerprint density at radius 2 is 2.33 bits per heavy atom. The number of carbonyl (C=O) groups excluding carboxylic acids is 1. The van der Waals surface area contributed by atoms with Gasteiger partial charge >= 0.3 is 0 Å². The molecule has 0 N–H and O–H groups in total. The van der Waals surface area contributed by atoms with Crippen molar-refractivity contribution in [3.63, 3.8) is 0 Å². The second kappa shape index (κ2) is 8.89. The van der Waals surface area contributed by atoms with E-state index in [0.29, 0.717) is 18.7 Å². The highest BCUT2D eigenvalue weighted by molar-refractivity contribution is 7.99. The Labute approximate surface area is 168 Å². The van der Waals surface area contributed by atoms with Gasteiger partial charge < -0.3 is 9.47 Å². The fraction of sp³-hybridized carbons (Fsp3) is 0.579. The van der Waals surface area contributed by atoms with Crippen molar-refractivity contribution >= 4 is 29.0 Å². The monoisotopic (exact) mass is 403 g/mol. The molecule has 2 aromatic rings. The first-order valence-corrected chi connectivity index (χ1v) is 11.1. The van der Waals surface area contributed by atoms with Crippen LogP contribution in [0, 0.1) is 17.2 Å². The van der Waals surface area contributed by atoms with Crippen LogP contribution in [0.4, 0.5) is 0 Å². The zero-order valence-electron chi connectivity index (χ0n) is 16.1. The Morgan fingerprint density at radius 1 is 1.52 bits per heavy atom. The van der Waals surface area contributed by atoms with Crippen LogP contribution >= 0.6 is 23.1 Å². The van der Waals surface area contributed by atoms with Gasteiger partial charge in [0.05, 0.1) is 23.1 Å². The number of hydrogen-bond acceptors (Lipinski definition) is 6. The van der Waals surface area contributed by atoms with Crippen molar-refractivity contribution < 1.29 is 4.79 Å². The molecule has 0 bridgehead atoms. The van der Waals surface area contributed by atoms with Crippen LogP contribution in [0.25, 0.3) is 10.7 Å². The van der Waals surface area contributed by atoms with Crippen LogP contribution < -0.4 is 0 Å². The van der Waals surface area contributed by atoms with Gasteiger partial charge in [-0.05, 0) is 36.8 Å². The zero-order valence-corrected chi connectivity index (χ0v) is 17.7. The van der Waals surface area contributed by atoms with Gasteiger partial charge in [-0.3, -0.25) is 4.79 Å². The number of aromatic nitrogens is 3. The van der Waals surface area contributed by atoms with Crippen LogP contribution in [-0.4, -0.2) is 44.9 Å². The number of rotatable bonds is 7.